The van der Waals surface area contributed by atoms with Crippen LogP contribution < -0.4 is 10.5 Å². The number of primary sulfonamides is 1. The Bertz CT molecular complexity index is 562. The van der Waals surface area contributed by atoms with E-state index in [1.807, 2.05) is 20.8 Å². The van der Waals surface area contributed by atoms with Gasteiger partial charge in [-0.1, -0.05) is 6.92 Å². The van der Waals surface area contributed by atoms with Gasteiger partial charge < -0.3 is 9.73 Å². The van der Waals surface area contributed by atoms with Gasteiger partial charge in [0.25, 0.3) is 5.91 Å². The predicted octanol–water partition coefficient (Wildman–Crippen LogP) is 1.61. The van der Waals surface area contributed by atoms with Gasteiger partial charge in [0.05, 0.1) is 0 Å². The fourth-order valence-corrected chi connectivity index (χ4v) is 2.62. The van der Waals surface area contributed by atoms with E-state index >= 15 is 0 Å². The molecule has 0 spiro atoms. The highest BCUT2D eigenvalue weighted by molar-refractivity contribution is 9.10. The second kappa shape index (κ2) is 5.02. The van der Waals surface area contributed by atoms with Gasteiger partial charge in [-0.3, -0.25) is 4.79 Å². The summed E-state index contributed by atoms with van der Waals surface area (Å²) in [6.07, 6.45) is 0.725. The highest BCUT2D eigenvalue weighted by atomic mass is 79.9. The van der Waals surface area contributed by atoms with Gasteiger partial charge >= 0.3 is 0 Å². The number of furan rings is 1. The lowest BCUT2D eigenvalue weighted by Crippen LogP contribution is -2.42. The molecule has 0 saturated heterocycles. The minimum absolute atomic E-state index is 0.0792. The SMILES string of the molecule is CCC(C)(C)NC(=O)c1cc(S(N)(=O)=O)c(Br)o1. The van der Waals surface area contributed by atoms with Crippen LogP contribution in [0.25, 0.3) is 0 Å². The zero-order chi connectivity index (χ0) is 14.1. The Balaban J connectivity index is 3.03. The van der Waals surface area contributed by atoms with Crippen molar-refractivity contribution in [2.75, 3.05) is 0 Å². The molecule has 1 aromatic rings. The number of carbonyl (C=O) groups excluding carboxylic acids is 1. The number of amides is 1. The summed E-state index contributed by atoms with van der Waals surface area (Å²) in [4.78, 5) is 11.6. The van der Waals surface area contributed by atoms with Gasteiger partial charge in [-0.2, -0.15) is 0 Å². The van der Waals surface area contributed by atoms with Crippen LogP contribution in [0.2, 0.25) is 0 Å². The molecule has 0 atom stereocenters. The third-order valence-electron chi connectivity index (χ3n) is 2.52. The largest absolute Gasteiger partial charge is 0.443 e. The van der Waals surface area contributed by atoms with Gasteiger partial charge in [-0.05, 0) is 36.2 Å². The van der Waals surface area contributed by atoms with Gasteiger partial charge in [0.15, 0.2) is 10.4 Å². The van der Waals surface area contributed by atoms with Crippen LogP contribution in [0.4, 0.5) is 0 Å². The molecule has 6 nitrogen and oxygen atoms in total. The van der Waals surface area contributed by atoms with Crippen molar-refractivity contribution >= 4 is 31.9 Å². The smallest absolute Gasteiger partial charge is 0.287 e. The highest BCUT2D eigenvalue weighted by Gasteiger charge is 2.25. The summed E-state index contributed by atoms with van der Waals surface area (Å²) < 4.78 is 27.3. The maximum atomic E-state index is 11.9. The van der Waals surface area contributed by atoms with Crippen molar-refractivity contribution in [1.29, 1.82) is 0 Å². The van der Waals surface area contributed by atoms with Gasteiger partial charge in [-0.15, -0.1) is 0 Å². The molecule has 1 rings (SSSR count). The first-order chi connectivity index (χ1) is 8.07. The predicted molar refractivity (Wildman–Crippen MR) is 69.6 cm³/mol. The molecular weight excluding hydrogens is 324 g/mol. The number of rotatable bonds is 4. The monoisotopic (exact) mass is 338 g/mol. The number of hydrogen-bond acceptors (Lipinski definition) is 4. The van der Waals surface area contributed by atoms with Crippen LogP contribution in [0.5, 0.6) is 0 Å². The molecule has 0 saturated carbocycles. The average Bonchev–Trinajstić information content (AvgIpc) is 2.59. The van der Waals surface area contributed by atoms with Crippen LogP contribution >= 0.6 is 15.9 Å². The molecule has 0 aliphatic heterocycles. The molecule has 0 aliphatic rings. The summed E-state index contributed by atoms with van der Waals surface area (Å²) in [7, 11) is -3.92. The molecule has 8 heteroatoms. The molecule has 102 valence electrons. The van der Waals surface area contributed by atoms with Gasteiger partial charge in [-0.25, -0.2) is 13.6 Å². The third-order valence-corrected chi connectivity index (χ3v) is 4.29. The third kappa shape index (κ3) is 3.56. The Morgan fingerprint density at radius 2 is 2.11 bits per heavy atom. The fraction of sp³-hybridized carbons (Fsp3) is 0.500. The Hall–Kier alpha value is -0.860. The Morgan fingerprint density at radius 3 is 2.50 bits per heavy atom. The minimum Gasteiger partial charge on any atom is -0.443 e. The number of nitrogens with one attached hydrogen (secondary N) is 1. The molecule has 1 amide bonds. The zero-order valence-electron chi connectivity index (χ0n) is 10.3. The molecular formula is C10H15BrN2O4S. The quantitative estimate of drug-likeness (QED) is 0.870. The molecule has 1 heterocycles. The van der Waals surface area contributed by atoms with E-state index in [0.717, 1.165) is 12.5 Å². The second-order valence-corrected chi connectivity index (χ2v) is 6.74. The number of halogens is 1. The van der Waals surface area contributed by atoms with E-state index in [-0.39, 0.29) is 15.3 Å². The highest BCUT2D eigenvalue weighted by Crippen LogP contribution is 2.25. The van der Waals surface area contributed by atoms with Gasteiger partial charge in [0.1, 0.15) is 4.90 Å². The summed E-state index contributed by atoms with van der Waals surface area (Å²) in [5.74, 6) is -0.593. The minimum atomic E-state index is -3.92. The standard InChI is InChI=1S/C10H15BrN2O4S/c1-4-10(2,3)13-9(14)6-5-7(8(11)17-6)18(12,15)16/h5H,4H2,1-3H3,(H,13,14)(H2,12,15,16). The van der Waals surface area contributed by atoms with E-state index in [1.165, 1.54) is 0 Å². The van der Waals surface area contributed by atoms with Gasteiger partial charge in [0, 0.05) is 11.6 Å². The lowest BCUT2D eigenvalue weighted by atomic mass is 10.0. The van der Waals surface area contributed by atoms with Crippen molar-refractivity contribution in [3.63, 3.8) is 0 Å². The normalized spacial score (nSPS) is 12.5. The van der Waals surface area contributed by atoms with E-state index in [1.54, 1.807) is 0 Å². The summed E-state index contributed by atoms with van der Waals surface area (Å²) in [6, 6.07) is 1.10. The molecule has 0 fully saturated rings. The molecule has 0 unspecified atom stereocenters. The summed E-state index contributed by atoms with van der Waals surface area (Å²) in [6.45, 7) is 5.63. The lowest BCUT2D eigenvalue weighted by molar-refractivity contribution is 0.0881. The van der Waals surface area contributed by atoms with Crippen molar-refractivity contribution in [2.45, 2.75) is 37.6 Å². The lowest BCUT2D eigenvalue weighted by Gasteiger charge is -2.23. The number of hydrogen-bond donors (Lipinski definition) is 2. The molecule has 0 radical (unpaired) electrons. The topological polar surface area (TPSA) is 102 Å². The molecule has 0 bridgehead atoms. The van der Waals surface area contributed by atoms with Crippen molar-refractivity contribution in [3.8, 4) is 0 Å². The fourth-order valence-electron chi connectivity index (χ4n) is 1.12. The van der Waals surface area contributed by atoms with E-state index in [9.17, 15) is 13.2 Å². The maximum absolute atomic E-state index is 11.9. The van der Waals surface area contributed by atoms with Gasteiger partial charge in [0.2, 0.25) is 10.0 Å². The van der Waals surface area contributed by atoms with Crippen molar-refractivity contribution in [2.24, 2.45) is 5.14 Å². The molecule has 0 aliphatic carbocycles. The van der Waals surface area contributed by atoms with Crippen LogP contribution in [0.3, 0.4) is 0 Å². The Kier molecular flexibility index (Phi) is 4.24. The van der Waals surface area contributed by atoms with Crippen LogP contribution in [-0.2, 0) is 10.0 Å². The van der Waals surface area contributed by atoms with Crippen LogP contribution in [-0.4, -0.2) is 19.9 Å². The first-order valence-corrected chi connectivity index (χ1v) is 7.55. The van der Waals surface area contributed by atoms with E-state index in [4.69, 9.17) is 9.56 Å². The van der Waals surface area contributed by atoms with E-state index in [0.29, 0.717) is 0 Å². The Morgan fingerprint density at radius 1 is 1.56 bits per heavy atom. The summed E-state index contributed by atoms with van der Waals surface area (Å²) in [5, 5.41) is 7.70. The van der Waals surface area contributed by atoms with Crippen LogP contribution in [0.15, 0.2) is 20.0 Å². The zero-order valence-corrected chi connectivity index (χ0v) is 12.7. The summed E-state index contributed by atoms with van der Waals surface area (Å²) >= 11 is 2.91. The second-order valence-electron chi connectivity index (χ2n) is 4.49. The van der Waals surface area contributed by atoms with E-state index < -0.39 is 21.5 Å². The number of carbonyl (C=O) groups is 1. The molecule has 0 aromatic carbocycles. The molecule has 3 N–H and O–H groups in total. The van der Waals surface area contributed by atoms with Crippen molar-refractivity contribution in [1.82, 2.24) is 5.32 Å². The summed E-state index contributed by atoms with van der Waals surface area (Å²) in [5.41, 5.74) is -0.405. The van der Waals surface area contributed by atoms with Crippen molar-refractivity contribution < 1.29 is 17.6 Å². The van der Waals surface area contributed by atoms with Crippen LogP contribution in [0, 0.1) is 0 Å². The molecule has 18 heavy (non-hydrogen) atoms. The van der Waals surface area contributed by atoms with E-state index in [2.05, 4.69) is 21.2 Å². The maximum Gasteiger partial charge on any atom is 0.287 e. The number of sulfonamides is 1. The average molecular weight is 339 g/mol. The van der Waals surface area contributed by atoms with Crippen LogP contribution in [0.1, 0.15) is 37.7 Å². The number of nitrogens with two attached hydrogens (primary N) is 1. The first-order valence-electron chi connectivity index (χ1n) is 5.21. The molecule has 1 aromatic heterocycles. The first kappa shape index (κ1) is 15.2. The van der Waals surface area contributed by atoms with Crippen molar-refractivity contribution in [3.05, 3.63) is 16.5 Å². The Labute approximate surface area is 114 Å².